The van der Waals surface area contributed by atoms with Crippen LogP contribution in [0.15, 0.2) is 79.5 Å². The molecule has 0 spiro atoms. The van der Waals surface area contributed by atoms with E-state index in [4.69, 9.17) is 0 Å². The molecule has 0 aliphatic heterocycles. The molecule has 0 atom stereocenters. The number of aromatic nitrogens is 1. The van der Waals surface area contributed by atoms with Gasteiger partial charge in [-0.15, -0.1) is 6.58 Å². The molecule has 0 saturated heterocycles. The minimum atomic E-state index is -4.33. The fourth-order valence-corrected chi connectivity index (χ4v) is 3.42. The molecule has 1 aromatic heterocycles. The first kappa shape index (κ1) is 20.9. The molecule has 0 radical (unpaired) electrons. The molecule has 0 amide bonds. The molecular weight excluding hydrogens is 373 g/mol. The van der Waals surface area contributed by atoms with E-state index in [1.807, 2.05) is 41.1 Å². The van der Waals surface area contributed by atoms with Crippen molar-refractivity contribution in [2.75, 3.05) is 6.54 Å². The molecule has 3 rings (SSSR count). The van der Waals surface area contributed by atoms with Gasteiger partial charge in [-0.05, 0) is 47.9 Å². The van der Waals surface area contributed by atoms with Gasteiger partial charge in [0.05, 0.1) is 5.56 Å². The maximum atomic E-state index is 13.0. The summed E-state index contributed by atoms with van der Waals surface area (Å²) in [6, 6.07) is 17.7. The van der Waals surface area contributed by atoms with Crippen molar-refractivity contribution in [3.05, 3.63) is 107 Å². The predicted molar refractivity (Wildman–Crippen MR) is 110 cm³/mol. The molecule has 0 aliphatic rings. The fourth-order valence-electron chi connectivity index (χ4n) is 3.42. The molecule has 2 aromatic carbocycles. The zero-order valence-electron chi connectivity index (χ0n) is 16.5. The molecule has 3 aromatic rings. The summed E-state index contributed by atoms with van der Waals surface area (Å²) < 4.78 is 41.0. The van der Waals surface area contributed by atoms with E-state index in [2.05, 4.69) is 30.5 Å². The number of hydrogen-bond acceptors (Lipinski definition) is 1. The predicted octanol–water partition coefficient (Wildman–Crippen LogP) is 6.05. The maximum absolute atomic E-state index is 13.0. The highest BCUT2D eigenvalue weighted by atomic mass is 19.4. The number of rotatable bonds is 8. The van der Waals surface area contributed by atoms with Crippen LogP contribution in [0.3, 0.4) is 0 Å². The Morgan fingerprint density at radius 2 is 1.79 bits per heavy atom. The van der Waals surface area contributed by atoms with Gasteiger partial charge in [-0.3, -0.25) is 4.90 Å². The highest BCUT2D eigenvalue weighted by Gasteiger charge is 2.30. The number of aryl methyl sites for hydroxylation is 1. The van der Waals surface area contributed by atoms with Gasteiger partial charge in [0, 0.05) is 38.1 Å². The molecule has 2 nitrogen and oxygen atoms in total. The quantitative estimate of drug-likeness (QED) is 0.419. The lowest BCUT2D eigenvalue weighted by Crippen LogP contribution is -2.24. The van der Waals surface area contributed by atoms with Crippen molar-refractivity contribution in [1.29, 1.82) is 0 Å². The molecule has 0 aliphatic carbocycles. The Bertz CT molecular complexity index is 957. The number of alkyl halides is 3. The molecule has 152 valence electrons. The van der Waals surface area contributed by atoms with Crippen LogP contribution < -0.4 is 0 Å². The molecule has 0 fully saturated rings. The lowest BCUT2D eigenvalue weighted by molar-refractivity contribution is -0.137. The van der Waals surface area contributed by atoms with E-state index in [9.17, 15) is 13.2 Å². The Morgan fingerprint density at radius 3 is 2.52 bits per heavy atom. The average molecular weight is 398 g/mol. The van der Waals surface area contributed by atoms with Gasteiger partial charge in [0.25, 0.3) is 0 Å². The minimum Gasteiger partial charge on any atom is -0.346 e. The lowest BCUT2D eigenvalue weighted by atomic mass is 10.1. The first-order valence-corrected chi connectivity index (χ1v) is 9.54. The molecule has 5 heteroatoms. The van der Waals surface area contributed by atoms with Crippen LogP contribution in [0.2, 0.25) is 0 Å². The van der Waals surface area contributed by atoms with Gasteiger partial charge >= 0.3 is 6.18 Å². The van der Waals surface area contributed by atoms with Crippen LogP contribution in [0.25, 0.3) is 0 Å². The van der Waals surface area contributed by atoms with E-state index in [0.29, 0.717) is 18.7 Å². The summed E-state index contributed by atoms with van der Waals surface area (Å²) in [7, 11) is 0. The van der Waals surface area contributed by atoms with E-state index in [1.165, 1.54) is 23.3 Å². The highest BCUT2D eigenvalue weighted by Crippen LogP contribution is 2.29. The normalized spacial score (nSPS) is 11.8. The summed E-state index contributed by atoms with van der Waals surface area (Å²) in [5.74, 6) is 0. The molecule has 0 saturated carbocycles. The van der Waals surface area contributed by atoms with E-state index in [0.717, 1.165) is 24.8 Å². The van der Waals surface area contributed by atoms with Gasteiger partial charge in [-0.1, -0.05) is 42.5 Å². The summed E-state index contributed by atoms with van der Waals surface area (Å²) >= 11 is 0. The summed E-state index contributed by atoms with van der Waals surface area (Å²) in [6.45, 7) is 8.56. The third kappa shape index (κ3) is 5.61. The number of halogens is 3. The van der Waals surface area contributed by atoms with Crippen LogP contribution in [0.5, 0.6) is 0 Å². The number of nitrogens with zero attached hydrogens (tertiary/aromatic N) is 2. The molecule has 1 heterocycles. The Balaban J connectivity index is 1.76. The third-order valence-corrected chi connectivity index (χ3v) is 4.96. The van der Waals surface area contributed by atoms with E-state index in [1.54, 1.807) is 6.07 Å². The Morgan fingerprint density at radius 1 is 1.00 bits per heavy atom. The van der Waals surface area contributed by atoms with Crippen molar-refractivity contribution < 1.29 is 13.2 Å². The lowest BCUT2D eigenvalue weighted by Gasteiger charge is -2.23. The van der Waals surface area contributed by atoms with Crippen molar-refractivity contribution >= 4 is 0 Å². The Hall–Kier alpha value is -2.79. The molecule has 0 unspecified atom stereocenters. The smallest absolute Gasteiger partial charge is 0.346 e. The first-order chi connectivity index (χ1) is 13.9. The van der Waals surface area contributed by atoms with Gasteiger partial charge in [-0.2, -0.15) is 13.2 Å². The standard InChI is InChI=1S/C24H25F3N2/c1-3-13-28(17-21-10-5-4-8-19(21)2)18-23-12-7-14-29(23)16-20-9-6-11-22(15-20)24(25,26)27/h3-12,14-15H,1,13,16-18H2,2H3. The van der Waals surface area contributed by atoms with Crippen LogP contribution in [0, 0.1) is 6.92 Å². The summed E-state index contributed by atoms with van der Waals surface area (Å²) in [5, 5.41) is 0. The van der Waals surface area contributed by atoms with Crippen molar-refractivity contribution in [3.8, 4) is 0 Å². The molecular formula is C24H25F3N2. The molecule has 0 bridgehead atoms. The molecule has 0 N–H and O–H groups in total. The van der Waals surface area contributed by atoms with E-state index >= 15 is 0 Å². The van der Waals surface area contributed by atoms with Crippen molar-refractivity contribution in [3.63, 3.8) is 0 Å². The average Bonchev–Trinajstić information content (AvgIpc) is 3.10. The topological polar surface area (TPSA) is 8.17 Å². The van der Waals surface area contributed by atoms with Crippen molar-refractivity contribution in [1.82, 2.24) is 9.47 Å². The van der Waals surface area contributed by atoms with Gasteiger partial charge < -0.3 is 4.57 Å². The largest absolute Gasteiger partial charge is 0.416 e. The van der Waals surface area contributed by atoms with Gasteiger partial charge in [0.1, 0.15) is 0 Å². The highest BCUT2D eigenvalue weighted by molar-refractivity contribution is 5.27. The summed E-state index contributed by atoms with van der Waals surface area (Å²) in [5.41, 5.74) is 3.56. The zero-order chi connectivity index (χ0) is 20.9. The third-order valence-electron chi connectivity index (χ3n) is 4.96. The van der Waals surface area contributed by atoms with Gasteiger partial charge in [0.15, 0.2) is 0 Å². The fraction of sp³-hybridized carbons (Fsp3) is 0.250. The molecule has 29 heavy (non-hydrogen) atoms. The minimum absolute atomic E-state index is 0.401. The second-order valence-electron chi connectivity index (χ2n) is 7.21. The Labute approximate surface area is 169 Å². The van der Waals surface area contributed by atoms with Crippen LogP contribution in [-0.2, 0) is 25.8 Å². The monoisotopic (exact) mass is 398 g/mol. The first-order valence-electron chi connectivity index (χ1n) is 9.54. The summed E-state index contributed by atoms with van der Waals surface area (Å²) in [4.78, 5) is 2.27. The number of benzene rings is 2. The Kier molecular flexibility index (Phi) is 6.60. The number of hydrogen-bond donors (Lipinski definition) is 0. The van der Waals surface area contributed by atoms with Gasteiger partial charge in [-0.25, -0.2) is 0 Å². The van der Waals surface area contributed by atoms with Crippen LogP contribution in [-0.4, -0.2) is 16.0 Å². The van der Waals surface area contributed by atoms with Crippen molar-refractivity contribution in [2.45, 2.75) is 32.7 Å². The van der Waals surface area contributed by atoms with Crippen LogP contribution in [0.1, 0.15) is 27.9 Å². The van der Waals surface area contributed by atoms with Crippen LogP contribution in [0.4, 0.5) is 13.2 Å². The summed E-state index contributed by atoms with van der Waals surface area (Å²) in [6.07, 6.45) is -0.544. The second kappa shape index (κ2) is 9.14. The van der Waals surface area contributed by atoms with E-state index in [-0.39, 0.29) is 0 Å². The SMILES string of the molecule is C=CCN(Cc1ccccc1C)Cc1cccn1Cc1cccc(C(F)(F)F)c1. The van der Waals surface area contributed by atoms with E-state index < -0.39 is 11.7 Å². The van der Waals surface area contributed by atoms with Crippen LogP contribution >= 0.6 is 0 Å². The second-order valence-corrected chi connectivity index (χ2v) is 7.21. The maximum Gasteiger partial charge on any atom is 0.416 e. The zero-order valence-corrected chi connectivity index (χ0v) is 16.5. The van der Waals surface area contributed by atoms with Crippen molar-refractivity contribution in [2.24, 2.45) is 0 Å². The van der Waals surface area contributed by atoms with Gasteiger partial charge in [0.2, 0.25) is 0 Å².